The largest absolute Gasteiger partial charge is 0.364 e. The van der Waals surface area contributed by atoms with Crippen LogP contribution in [0.3, 0.4) is 0 Å². The second-order valence-electron chi connectivity index (χ2n) is 7.41. The maximum absolute atomic E-state index is 12.6. The number of hydrogen-bond donors (Lipinski definition) is 1. The molecular formula is C20H23N5O2. The van der Waals surface area contributed by atoms with Gasteiger partial charge in [0.2, 0.25) is 5.91 Å². The molecule has 1 aliphatic carbocycles. The van der Waals surface area contributed by atoms with Crippen molar-refractivity contribution in [3.8, 4) is 0 Å². The summed E-state index contributed by atoms with van der Waals surface area (Å²) in [6.07, 6.45) is 5.31. The molecular weight excluding hydrogens is 342 g/mol. The maximum atomic E-state index is 12.6. The van der Waals surface area contributed by atoms with Gasteiger partial charge in [-0.25, -0.2) is 4.98 Å². The standard InChI is InChI=1S/C20H23N5O2/c1-24(2)20(27)17-10-21-11-18(23-17)22-15-9-19(26)25(12-15)16-7-13-5-3-4-6-14(13)8-16/h3-6,10-11,15-16H,7-9,12H2,1-2H3,(H,22,23)/t15-/m0/s1. The molecule has 0 unspecified atom stereocenters. The first kappa shape index (κ1) is 17.5. The molecule has 2 aromatic rings. The van der Waals surface area contributed by atoms with Crippen LogP contribution in [-0.2, 0) is 17.6 Å². The van der Waals surface area contributed by atoms with E-state index in [-0.39, 0.29) is 29.6 Å². The molecule has 1 fully saturated rings. The van der Waals surface area contributed by atoms with E-state index in [4.69, 9.17) is 0 Å². The number of carbonyl (C=O) groups is 2. The number of nitrogens with zero attached hydrogens (tertiary/aromatic N) is 4. The zero-order valence-corrected chi connectivity index (χ0v) is 15.6. The van der Waals surface area contributed by atoms with E-state index in [1.165, 1.54) is 22.2 Å². The first-order valence-electron chi connectivity index (χ1n) is 9.17. The Balaban J connectivity index is 1.42. The molecule has 140 valence electrons. The van der Waals surface area contributed by atoms with Crippen LogP contribution in [0, 0.1) is 0 Å². The van der Waals surface area contributed by atoms with Crippen molar-refractivity contribution in [2.45, 2.75) is 31.3 Å². The van der Waals surface area contributed by atoms with Crippen molar-refractivity contribution >= 4 is 17.6 Å². The summed E-state index contributed by atoms with van der Waals surface area (Å²) in [5.74, 6) is 0.495. The summed E-state index contributed by atoms with van der Waals surface area (Å²) < 4.78 is 0. The van der Waals surface area contributed by atoms with E-state index in [9.17, 15) is 9.59 Å². The van der Waals surface area contributed by atoms with Crippen LogP contribution in [-0.4, -0.2) is 64.3 Å². The van der Waals surface area contributed by atoms with Gasteiger partial charge in [-0.3, -0.25) is 14.6 Å². The Morgan fingerprint density at radius 3 is 2.52 bits per heavy atom. The number of anilines is 1. The number of benzene rings is 1. The molecule has 27 heavy (non-hydrogen) atoms. The predicted octanol–water partition coefficient (Wildman–Crippen LogP) is 1.36. The Bertz CT molecular complexity index is 857. The van der Waals surface area contributed by atoms with Crippen LogP contribution in [0.1, 0.15) is 28.0 Å². The minimum absolute atomic E-state index is 0.0276. The molecule has 2 amide bonds. The van der Waals surface area contributed by atoms with Crippen LogP contribution < -0.4 is 5.32 Å². The first-order chi connectivity index (χ1) is 13.0. The topological polar surface area (TPSA) is 78.4 Å². The second-order valence-corrected chi connectivity index (χ2v) is 7.41. The van der Waals surface area contributed by atoms with Crippen LogP contribution in [0.2, 0.25) is 0 Å². The van der Waals surface area contributed by atoms with Crippen molar-refractivity contribution in [1.29, 1.82) is 0 Å². The summed E-state index contributed by atoms with van der Waals surface area (Å²) in [6, 6.07) is 8.61. The molecule has 1 atom stereocenters. The van der Waals surface area contributed by atoms with Gasteiger partial charge in [0.05, 0.1) is 18.4 Å². The van der Waals surface area contributed by atoms with Gasteiger partial charge in [0.15, 0.2) is 0 Å². The van der Waals surface area contributed by atoms with Crippen molar-refractivity contribution in [2.24, 2.45) is 0 Å². The van der Waals surface area contributed by atoms with E-state index >= 15 is 0 Å². The fourth-order valence-electron chi connectivity index (χ4n) is 3.91. The van der Waals surface area contributed by atoms with E-state index in [2.05, 4.69) is 39.6 Å². The summed E-state index contributed by atoms with van der Waals surface area (Å²) in [4.78, 5) is 36.5. The van der Waals surface area contributed by atoms with Gasteiger partial charge in [-0.1, -0.05) is 24.3 Å². The summed E-state index contributed by atoms with van der Waals surface area (Å²) in [6.45, 7) is 0.644. The highest BCUT2D eigenvalue weighted by molar-refractivity contribution is 5.92. The number of rotatable bonds is 4. The predicted molar refractivity (Wildman–Crippen MR) is 101 cm³/mol. The molecule has 4 rings (SSSR count). The Hall–Kier alpha value is -2.96. The molecule has 2 heterocycles. The number of amides is 2. The van der Waals surface area contributed by atoms with Crippen LogP contribution in [0.4, 0.5) is 5.82 Å². The first-order valence-corrected chi connectivity index (χ1v) is 9.17. The zero-order valence-electron chi connectivity index (χ0n) is 15.6. The van der Waals surface area contributed by atoms with Crippen molar-refractivity contribution < 1.29 is 9.59 Å². The highest BCUT2D eigenvalue weighted by Crippen LogP contribution is 2.28. The molecule has 7 heteroatoms. The quantitative estimate of drug-likeness (QED) is 0.885. The lowest BCUT2D eigenvalue weighted by atomic mass is 10.1. The lowest BCUT2D eigenvalue weighted by Gasteiger charge is -2.24. The van der Waals surface area contributed by atoms with Crippen LogP contribution >= 0.6 is 0 Å². The van der Waals surface area contributed by atoms with E-state index in [1.54, 1.807) is 20.3 Å². The smallest absolute Gasteiger partial charge is 0.273 e. The number of hydrogen-bond acceptors (Lipinski definition) is 5. The summed E-state index contributed by atoms with van der Waals surface area (Å²) in [5.41, 5.74) is 2.97. The molecule has 1 saturated heterocycles. The van der Waals surface area contributed by atoms with E-state index in [0.29, 0.717) is 18.8 Å². The lowest BCUT2D eigenvalue weighted by molar-refractivity contribution is -0.129. The van der Waals surface area contributed by atoms with Crippen LogP contribution in [0.25, 0.3) is 0 Å². The molecule has 1 aromatic heterocycles. The summed E-state index contributed by atoms with van der Waals surface area (Å²) >= 11 is 0. The third-order valence-electron chi connectivity index (χ3n) is 5.24. The summed E-state index contributed by atoms with van der Waals surface area (Å²) in [5, 5.41) is 3.27. The number of carbonyl (C=O) groups excluding carboxylic acids is 2. The Labute approximate surface area is 158 Å². The van der Waals surface area contributed by atoms with Gasteiger partial charge in [0.1, 0.15) is 11.5 Å². The van der Waals surface area contributed by atoms with Gasteiger partial charge in [-0.2, -0.15) is 0 Å². The molecule has 1 aliphatic heterocycles. The van der Waals surface area contributed by atoms with Gasteiger partial charge in [0.25, 0.3) is 5.91 Å². The number of fused-ring (bicyclic) bond motifs is 1. The van der Waals surface area contributed by atoms with E-state index in [1.807, 2.05) is 4.90 Å². The number of nitrogens with one attached hydrogen (secondary N) is 1. The van der Waals surface area contributed by atoms with Gasteiger partial charge in [-0.15, -0.1) is 0 Å². The molecule has 0 saturated carbocycles. The van der Waals surface area contributed by atoms with Gasteiger partial charge >= 0.3 is 0 Å². The van der Waals surface area contributed by atoms with Crippen molar-refractivity contribution in [1.82, 2.24) is 19.8 Å². The zero-order chi connectivity index (χ0) is 19.0. The van der Waals surface area contributed by atoms with Crippen LogP contribution in [0.15, 0.2) is 36.7 Å². The van der Waals surface area contributed by atoms with Crippen molar-refractivity contribution in [2.75, 3.05) is 26.0 Å². The van der Waals surface area contributed by atoms with Crippen LogP contribution in [0.5, 0.6) is 0 Å². The monoisotopic (exact) mass is 365 g/mol. The highest BCUT2D eigenvalue weighted by Gasteiger charge is 2.37. The molecule has 1 aromatic carbocycles. The maximum Gasteiger partial charge on any atom is 0.273 e. The van der Waals surface area contributed by atoms with Gasteiger partial charge < -0.3 is 15.1 Å². The molecule has 0 radical (unpaired) electrons. The minimum Gasteiger partial charge on any atom is -0.364 e. The summed E-state index contributed by atoms with van der Waals surface area (Å²) in [7, 11) is 3.36. The van der Waals surface area contributed by atoms with Gasteiger partial charge in [0, 0.05) is 33.1 Å². The highest BCUT2D eigenvalue weighted by atomic mass is 16.2. The molecule has 0 spiro atoms. The molecule has 7 nitrogen and oxygen atoms in total. The average molecular weight is 365 g/mol. The Kier molecular flexibility index (Phi) is 4.51. The number of likely N-dealkylation sites (tertiary alicyclic amines) is 1. The molecule has 1 N–H and O–H groups in total. The SMILES string of the molecule is CN(C)C(=O)c1cncc(N[C@H]2CC(=O)N(C3Cc4ccccc4C3)C2)n1. The normalized spacial score (nSPS) is 19.3. The third-order valence-corrected chi connectivity index (χ3v) is 5.24. The Morgan fingerprint density at radius 2 is 1.85 bits per heavy atom. The fraction of sp³-hybridized carbons (Fsp3) is 0.400. The fourth-order valence-corrected chi connectivity index (χ4v) is 3.91. The molecule has 0 bridgehead atoms. The minimum atomic E-state index is -0.195. The van der Waals surface area contributed by atoms with Crippen molar-refractivity contribution in [3.63, 3.8) is 0 Å². The second kappa shape index (κ2) is 6.98. The van der Waals surface area contributed by atoms with Gasteiger partial charge in [-0.05, 0) is 24.0 Å². The number of aromatic nitrogens is 2. The molecule has 2 aliphatic rings. The third kappa shape index (κ3) is 3.49. The Morgan fingerprint density at radius 1 is 1.15 bits per heavy atom. The van der Waals surface area contributed by atoms with E-state index in [0.717, 1.165) is 12.8 Å². The average Bonchev–Trinajstić information content (AvgIpc) is 3.24. The van der Waals surface area contributed by atoms with Crippen molar-refractivity contribution in [3.05, 3.63) is 53.5 Å². The lowest BCUT2D eigenvalue weighted by Crippen LogP contribution is -2.38. The van der Waals surface area contributed by atoms with E-state index < -0.39 is 0 Å².